The third kappa shape index (κ3) is 3.68. The summed E-state index contributed by atoms with van der Waals surface area (Å²) in [7, 11) is 0. The lowest BCUT2D eigenvalue weighted by Gasteiger charge is -2.19. The summed E-state index contributed by atoms with van der Waals surface area (Å²) < 4.78 is 0. The zero-order valence-electron chi connectivity index (χ0n) is 11.2. The molecule has 2 aromatic carbocycles. The van der Waals surface area contributed by atoms with E-state index in [0.29, 0.717) is 6.42 Å². The van der Waals surface area contributed by atoms with Gasteiger partial charge in [0.15, 0.2) is 5.78 Å². The van der Waals surface area contributed by atoms with Gasteiger partial charge in [-0.25, -0.2) is 0 Å². The lowest BCUT2D eigenvalue weighted by molar-refractivity contribution is -0.119. The smallest absolute Gasteiger partial charge is 0.159 e. The minimum absolute atomic E-state index is 0.234. The number of para-hydroxylation sites is 1. The zero-order valence-corrected chi connectivity index (χ0v) is 11.2. The lowest BCUT2D eigenvalue weighted by Crippen LogP contribution is -2.20. The summed E-state index contributed by atoms with van der Waals surface area (Å²) in [6, 6.07) is 19.5. The van der Waals surface area contributed by atoms with E-state index in [1.807, 2.05) is 67.6 Å². The van der Waals surface area contributed by atoms with Crippen LogP contribution < -0.4 is 5.32 Å². The monoisotopic (exact) mass is 253 g/mol. The number of ketones is 1. The quantitative estimate of drug-likeness (QED) is 0.835. The first-order valence-corrected chi connectivity index (χ1v) is 6.70. The fourth-order valence-electron chi connectivity index (χ4n) is 2.09. The van der Waals surface area contributed by atoms with Crippen LogP contribution in [-0.2, 0) is 4.79 Å². The van der Waals surface area contributed by atoms with Crippen LogP contribution in [0.4, 0.5) is 5.69 Å². The topological polar surface area (TPSA) is 29.1 Å². The van der Waals surface area contributed by atoms with Crippen LogP contribution in [0.3, 0.4) is 0 Å². The van der Waals surface area contributed by atoms with Crippen LogP contribution in [0.1, 0.15) is 31.4 Å². The molecule has 0 bridgehead atoms. The van der Waals surface area contributed by atoms with Crippen LogP contribution in [0.15, 0.2) is 60.7 Å². The Morgan fingerprint density at radius 2 is 1.58 bits per heavy atom. The summed E-state index contributed by atoms with van der Waals surface area (Å²) in [6.07, 6.45) is 1.47. The predicted octanol–water partition coefficient (Wildman–Crippen LogP) is 4.21. The molecule has 0 amide bonds. The molecular formula is C17H19NO. The van der Waals surface area contributed by atoms with Crippen molar-refractivity contribution in [1.82, 2.24) is 0 Å². The number of rotatable bonds is 6. The van der Waals surface area contributed by atoms with Crippen LogP contribution in [0.25, 0.3) is 0 Å². The normalized spacial score (nSPS) is 11.8. The van der Waals surface area contributed by atoms with Crippen molar-refractivity contribution in [2.45, 2.75) is 25.8 Å². The van der Waals surface area contributed by atoms with Crippen molar-refractivity contribution in [3.8, 4) is 0 Å². The van der Waals surface area contributed by atoms with Crippen molar-refractivity contribution >= 4 is 11.5 Å². The average Bonchev–Trinajstić information content (AvgIpc) is 2.47. The molecule has 2 aromatic rings. The highest BCUT2D eigenvalue weighted by molar-refractivity contribution is 5.87. The third-order valence-corrected chi connectivity index (χ3v) is 3.04. The number of benzene rings is 2. The van der Waals surface area contributed by atoms with Crippen molar-refractivity contribution in [2.75, 3.05) is 5.32 Å². The van der Waals surface area contributed by atoms with Gasteiger partial charge >= 0.3 is 0 Å². The maximum atomic E-state index is 12.3. The molecule has 0 saturated heterocycles. The number of carbonyl (C=O) groups is 1. The van der Waals surface area contributed by atoms with Gasteiger partial charge in [0.25, 0.3) is 0 Å². The van der Waals surface area contributed by atoms with Gasteiger partial charge in [-0.05, 0) is 24.1 Å². The zero-order chi connectivity index (χ0) is 13.5. The van der Waals surface area contributed by atoms with Crippen molar-refractivity contribution in [1.29, 1.82) is 0 Å². The molecule has 0 aliphatic rings. The van der Waals surface area contributed by atoms with Crippen LogP contribution in [0.2, 0.25) is 0 Å². The minimum Gasteiger partial charge on any atom is -0.372 e. The molecule has 0 aliphatic heterocycles. The first-order valence-electron chi connectivity index (χ1n) is 6.70. The van der Waals surface area contributed by atoms with Crippen molar-refractivity contribution in [2.24, 2.45) is 0 Å². The van der Waals surface area contributed by atoms with Crippen LogP contribution in [-0.4, -0.2) is 5.78 Å². The summed E-state index contributed by atoms with van der Waals surface area (Å²) in [5, 5.41) is 3.33. The van der Waals surface area contributed by atoms with Gasteiger partial charge in [-0.3, -0.25) is 4.79 Å². The molecule has 2 nitrogen and oxygen atoms in total. The number of hydrogen-bond acceptors (Lipinski definition) is 2. The Hall–Kier alpha value is -2.09. The average molecular weight is 253 g/mol. The van der Waals surface area contributed by atoms with E-state index in [1.165, 1.54) is 0 Å². The van der Waals surface area contributed by atoms with E-state index in [-0.39, 0.29) is 11.8 Å². The standard InChI is InChI=1S/C17H19NO/c1-2-9-16(19)17(14-10-5-3-6-11-14)18-15-12-7-4-8-13-15/h3-8,10-13,17-18H,2,9H2,1H3. The number of Topliss-reactive ketones (excluding diaryl/α,β-unsaturated/α-hetero) is 1. The Kier molecular flexibility index (Phi) is 4.73. The molecule has 2 rings (SSSR count). The van der Waals surface area contributed by atoms with E-state index < -0.39 is 0 Å². The first-order chi connectivity index (χ1) is 9.31. The summed E-state index contributed by atoms with van der Waals surface area (Å²) in [6.45, 7) is 2.03. The van der Waals surface area contributed by atoms with Gasteiger partial charge in [-0.15, -0.1) is 0 Å². The van der Waals surface area contributed by atoms with E-state index in [4.69, 9.17) is 0 Å². The molecule has 1 N–H and O–H groups in total. The summed E-state index contributed by atoms with van der Waals surface area (Å²) in [5.74, 6) is 0.234. The Labute approximate surface area is 114 Å². The Balaban J connectivity index is 2.22. The first kappa shape index (κ1) is 13.3. The molecule has 0 saturated carbocycles. The molecular weight excluding hydrogens is 234 g/mol. The second kappa shape index (κ2) is 6.74. The van der Waals surface area contributed by atoms with Gasteiger partial charge in [0.05, 0.1) is 0 Å². The largest absolute Gasteiger partial charge is 0.372 e. The Morgan fingerprint density at radius 3 is 2.16 bits per heavy atom. The number of nitrogens with one attached hydrogen (secondary N) is 1. The van der Waals surface area contributed by atoms with Gasteiger partial charge in [-0.1, -0.05) is 55.5 Å². The molecule has 1 unspecified atom stereocenters. The van der Waals surface area contributed by atoms with Crippen LogP contribution in [0, 0.1) is 0 Å². The Morgan fingerprint density at radius 1 is 1.00 bits per heavy atom. The van der Waals surface area contributed by atoms with Gasteiger partial charge in [0.1, 0.15) is 6.04 Å². The molecule has 0 radical (unpaired) electrons. The molecule has 0 aliphatic carbocycles. The molecule has 0 aromatic heterocycles. The van der Waals surface area contributed by atoms with Gasteiger partial charge < -0.3 is 5.32 Å². The maximum absolute atomic E-state index is 12.3. The summed E-state index contributed by atoms with van der Waals surface area (Å²) >= 11 is 0. The Bertz CT molecular complexity index is 507. The van der Waals surface area contributed by atoms with Gasteiger partial charge in [0.2, 0.25) is 0 Å². The fraction of sp³-hybridized carbons (Fsp3) is 0.235. The van der Waals surface area contributed by atoms with E-state index in [9.17, 15) is 4.79 Å². The molecule has 1 atom stereocenters. The molecule has 0 fully saturated rings. The summed E-state index contributed by atoms with van der Waals surface area (Å²) in [4.78, 5) is 12.3. The third-order valence-electron chi connectivity index (χ3n) is 3.04. The van der Waals surface area contributed by atoms with Gasteiger partial charge in [-0.2, -0.15) is 0 Å². The minimum atomic E-state index is -0.261. The lowest BCUT2D eigenvalue weighted by atomic mass is 9.99. The van der Waals surface area contributed by atoms with Crippen LogP contribution in [0.5, 0.6) is 0 Å². The number of hydrogen-bond donors (Lipinski definition) is 1. The fourth-order valence-corrected chi connectivity index (χ4v) is 2.09. The molecule has 0 heterocycles. The van der Waals surface area contributed by atoms with E-state index in [1.54, 1.807) is 0 Å². The van der Waals surface area contributed by atoms with E-state index >= 15 is 0 Å². The highest BCUT2D eigenvalue weighted by Gasteiger charge is 2.18. The van der Waals surface area contributed by atoms with E-state index in [0.717, 1.165) is 17.7 Å². The highest BCUT2D eigenvalue weighted by atomic mass is 16.1. The van der Waals surface area contributed by atoms with Crippen molar-refractivity contribution < 1.29 is 4.79 Å². The molecule has 2 heteroatoms. The summed E-state index contributed by atoms with van der Waals surface area (Å²) in [5.41, 5.74) is 1.99. The highest BCUT2D eigenvalue weighted by Crippen LogP contribution is 2.21. The predicted molar refractivity (Wildman–Crippen MR) is 79.2 cm³/mol. The second-order valence-corrected chi connectivity index (χ2v) is 4.57. The maximum Gasteiger partial charge on any atom is 0.159 e. The number of carbonyl (C=O) groups excluding carboxylic acids is 1. The van der Waals surface area contributed by atoms with Gasteiger partial charge in [0, 0.05) is 12.1 Å². The second-order valence-electron chi connectivity index (χ2n) is 4.57. The van der Waals surface area contributed by atoms with Crippen molar-refractivity contribution in [3.63, 3.8) is 0 Å². The number of anilines is 1. The van der Waals surface area contributed by atoms with Crippen LogP contribution >= 0.6 is 0 Å². The molecule has 0 spiro atoms. The van der Waals surface area contributed by atoms with E-state index in [2.05, 4.69) is 5.32 Å². The van der Waals surface area contributed by atoms with Crippen molar-refractivity contribution in [3.05, 3.63) is 66.2 Å². The molecule has 98 valence electrons. The molecule has 19 heavy (non-hydrogen) atoms. The SMILES string of the molecule is CCCC(=O)C(Nc1ccccc1)c1ccccc1.